The molecular weight excluding hydrogens is 468 g/mol. The summed E-state index contributed by atoms with van der Waals surface area (Å²) in [7, 11) is 0. The highest BCUT2D eigenvalue weighted by Crippen LogP contribution is 2.38. The molecule has 178 valence electrons. The summed E-state index contributed by atoms with van der Waals surface area (Å²) in [5.41, 5.74) is -2.77. The van der Waals surface area contributed by atoms with Crippen LogP contribution in [-0.4, -0.2) is 35.6 Å². The van der Waals surface area contributed by atoms with Gasteiger partial charge in [0, 0.05) is 19.5 Å². The second-order valence-corrected chi connectivity index (χ2v) is 8.71. The maximum absolute atomic E-state index is 13.4. The van der Waals surface area contributed by atoms with Gasteiger partial charge in [0.05, 0.1) is 16.0 Å². The number of allylic oxidation sites excluding steroid dienone is 1. The van der Waals surface area contributed by atoms with Crippen LogP contribution in [0.3, 0.4) is 0 Å². The number of amides is 1. The van der Waals surface area contributed by atoms with Gasteiger partial charge in [0.15, 0.2) is 0 Å². The van der Waals surface area contributed by atoms with Crippen molar-refractivity contribution in [3.8, 4) is 12.3 Å². The molecular formula is C22H21F6N3OS. The molecule has 1 amide bonds. The van der Waals surface area contributed by atoms with Crippen LogP contribution < -0.4 is 5.32 Å². The smallest absolute Gasteiger partial charge is 0.368 e. The second kappa shape index (κ2) is 10.2. The zero-order valence-corrected chi connectivity index (χ0v) is 18.2. The lowest BCUT2D eigenvalue weighted by Crippen LogP contribution is -2.33. The van der Waals surface area contributed by atoms with Crippen molar-refractivity contribution >= 4 is 22.8 Å². The van der Waals surface area contributed by atoms with Crippen LogP contribution in [0.15, 0.2) is 34.2 Å². The topological polar surface area (TPSA) is 44.7 Å². The third-order valence-corrected chi connectivity index (χ3v) is 6.17. The summed E-state index contributed by atoms with van der Waals surface area (Å²) in [5.74, 6) is 3.06. The number of piperidine rings is 1. The Hall–Kier alpha value is -2.45. The van der Waals surface area contributed by atoms with E-state index < -0.39 is 23.5 Å². The number of alkyl halides is 6. The molecule has 0 atom stereocenters. The van der Waals surface area contributed by atoms with Crippen LogP contribution in [0.25, 0.3) is 0 Å². The van der Waals surface area contributed by atoms with Gasteiger partial charge in [-0.3, -0.25) is 9.69 Å². The number of carbonyl (C=O) groups excluding carboxylic acids is 1. The molecule has 1 N–H and O–H groups in total. The van der Waals surface area contributed by atoms with Crippen LogP contribution in [0.4, 0.5) is 31.1 Å². The number of terminal acetylenes is 1. The summed E-state index contributed by atoms with van der Waals surface area (Å²) in [6.07, 6.45) is -0.816. The van der Waals surface area contributed by atoms with Gasteiger partial charge in [0.1, 0.15) is 5.84 Å². The molecule has 2 heterocycles. The maximum Gasteiger partial charge on any atom is 0.416 e. The van der Waals surface area contributed by atoms with E-state index in [2.05, 4.69) is 16.2 Å². The van der Waals surface area contributed by atoms with E-state index in [1.165, 1.54) is 0 Å². The molecule has 0 unspecified atom stereocenters. The van der Waals surface area contributed by atoms with Crippen molar-refractivity contribution < 1.29 is 31.1 Å². The van der Waals surface area contributed by atoms with Crippen LogP contribution in [-0.2, 0) is 18.9 Å². The molecule has 0 aromatic heterocycles. The first kappa shape index (κ1) is 25.2. The molecule has 2 aliphatic rings. The normalized spacial score (nSPS) is 19.6. The fourth-order valence-corrected chi connectivity index (χ4v) is 4.49. The van der Waals surface area contributed by atoms with E-state index in [0.29, 0.717) is 55.7 Å². The molecule has 11 heteroatoms. The maximum atomic E-state index is 13.4. The van der Waals surface area contributed by atoms with Crippen molar-refractivity contribution in [2.24, 2.45) is 10.9 Å². The van der Waals surface area contributed by atoms with Crippen molar-refractivity contribution in [3.63, 3.8) is 0 Å². The Balaban J connectivity index is 1.64. The molecule has 1 aromatic carbocycles. The van der Waals surface area contributed by atoms with Gasteiger partial charge in [0.25, 0.3) is 0 Å². The van der Waals surface area contributed by atoms with E-state index in [4.69, 9.17) is 6.42 Å². The first-order chi connectivity index (χ1) is 15.5. The van der Waals surface area contributed by atoms with Gasteiger partial charge in [-0.15, -0.1) is 12.3 Å². The third-order valence-electron chi connectivity index (χ3n) is 5.35. The highest BCUT2D eigenvalue weighted by atomic mass is 32.2. The lowest BCUT2D eigenvalue weighted by Gasteiger charge is -2.31. The van der Waals surface area contributed by atoms with Crippen molar-refractivity contribution in [1.29, 1.82) is 0 Å². The summed E-state index contributed by atoms with van der Waals surface area (Å²) in [5, 5.41) is 2.70. The molecule has 0 radical (unpaired) electrons. The number of halogens is 6. The zero-order valence-electron chi connectivity index (χ0n) is 17.4. The molecule has 4 nitrogen and oxygen atoms in total. The van der Waals surface area contributed by atoms with Crippen molar-refractivity contribution in [2.75, 3.05) is 19.6 Å². The number of nitrogens with one attached hydrogen (secondary N) is 1. The molecule has 1 fully saturated rings. The molecule has 0 spiro atoms. The number of aliphatic imine (C=N–C) groups is 1. The minimum absolute atomic E-state index is 0.0934. The Morgan fingerprint density at radius 1 is 1.18 bits per heavy atom. The SMILES string of the molecule is C#CCCNC1=NC(=O)SC1=CC1CCN(Cc2ccc(C(F)(F)F)cc2C(F)(F)F)CC1. The fraction of sp³-hybridized carbons (Fsp3) is 0.455. The third kappa shape index (κ3) is 6.77. The van der Waals surface area contributed by atoms with Gasteiger partial charge in [-0.25, -0.2) is 0 Å². The van der Waals surface area contributed by atoms with Gasteiger partial charge in [0.2, 0.25) is 0 Å². The van der Waals surface area contributed by atoms with E-state index in [1.54, 1.807) is 4.90 Å². The Bertz CT molecular complexity index is 985. The number of likely N-dealkylation sites (tertiary alicyclic amines) is 1. The van der Waals surface area contributed by atoms with Crippen molar-refractivity contribution in [2.45, 2.75) is 38.2 Å². The summed E-state index contributed by atoms with van der Waals surface area (Å²) in [6, 6.07) is 1.77. The Morgan fingerprint density at radius 3 is 2.48 bits per heavy atom. The zero-order chi connectivity index (χ0) is 24.2. The van der Waals surface area contributed by atoms with Gasteiger partial charge in [-0.1, -0.05) is 12.1 Å². The Kier molecular flexibility index (Phi) is 7.80. The molecule has 2 aliphatic heterocycles. The van der Waals surface area contributed by atoms with Crippen LogP contribution in [0.5, 0.6) is 0 Å². The van der Waals surface area contributed by atoms with E-state index >= 15 is 0 Å². The monoisotopic (exact) mass is 489 g/mol. The van der Waals surface area contributed by atoms with Crippen LogP contribution >= 0.6 is 11.8 Å². The number of rotatable bonds is 5. The molecule has 33 heavy (non-hydrogen) atoms. The molecule has 0 saturated carbocycles. The number of carbonyl (C=O) groups is 1. The summed E-state index contributed by atoms with van der Waals surface area (Å²) in [4.78, 5) is 18.1. The van der Waals surface area contributed by atoms with Crippen molar-refractivity contribution in [3.05, 3.63) is 45.9 Å². The summed E-state index contributed by atoms with van der Waals surface area (Å²) >= 11 is 1.01. The molecule has 1 aromatic rings. The Labute approximate surface area is 191 Å². The van der Waals surface area contributed by atoms with Crippen LogP contribution in [0.1, 0.15) is 36.0 Å². The van der Waals surface area contributed by atoms with E-state index in [0.717, 1.165) is 17.8 Å². The van der Waals surface area contributed by atoms with E-state index in [-0.39, 0.29) is 29.3 Å². The number of hydrogen-bond acceptors (Lipinski definition) is 4. The highest BCUT2D eigenvalue weighted by Gasteiger charge is 2.38. The number of benzene rings is 1. The molecule has 0 bridgehead atoms. The fourth-order valence-electron chi connectivity index (χ4n) is 3.69. The summed E-state index contributed by atoms with van der Waals surface area (Å²) in [6.45, 7) is 1.34. The van der Waals surface area contributed by atoms with Crippen LogP contribution in [0.2, 0.25) is 0 Å². The Morgan fingerprint density at radius 2 is 1.88 bits per heavy atom. The average molecular weight is 489 g/mol. The van der Waals surface area contributed by atoms with Gasteiger partial charge >= 0.3 is 17.6 Å². The minimum Gasteiger partial charge on any atom is -0.368 e. The van der Waals surface area contributed by atoms with Crippen molar-refractivity contribution in [1.82, 2.24) is 10.2 Å². The lowest BCUT2D eigenvalue weighted by atomic mass is 9.95. The number of hydrogen-bond donors (Lipinski definition) is 1. The quantitative estimate of drug-likeness (QED) is 0.328. The van der Waals surface area contributed by atoms with Gasteiger partial charge in [-0.05, 0) is 61.3 Å². The predicted molar refractivity (Wildman–Crippen MR) is 114 cm³/mol. The minimum atomic E-state index is -4.88. The predicted octanol–water partition coefficient (Wildman–Crippen LogP) is 5.70. The molecule has 3 rings (SSSR count). The first-order valence-electron chi connectivity index (χ1n) is 10.2. The van der Waals surface area contributed by atoms with E-state index in [9.17, 15) is 31.1 Å². The first-order valence-corrected chi connectivity index (χ1v) is 11.0. The number of amidine groups is 1. The lowest BCUT2D eigenvalue weighted by molar-refractivity contribution is -0.143. The van der Waals surface area contributed by atoms with E-state index in [1.807, 2.05) is 6.08 Å². The number of nitrogens with zero attached hydrogens (tertiary/aromatic N) is 2. The largest absolute Gasteiger partial charge is 0.416 e. The molecule has 0 aliphatic carbocycles. The summed E-state index contributed by atoms with van der Waals surface area (Å²) < 4.78 is 78.8. The van der Waals surface area contributed by atoms with Crippen LogP contribution in [0, 0.1) is 18.3 Å². The van der Waals surface area contributed by atoms with Gasteiger partial charge < -0.3 is 5.32 Å². The number of thioether (sulfide) groups is 1. The second-order valence-electron chi connectivity index (χ2n) is 7.72. The highest BCUT2D eigenvalue weighted by molar-refractivity contribution is 8.18. The standard InChI is InChI=1S/C22H21F6N3OS/c1-2-3-8-29-19-18(33-20(32)30-19)11-14-6-9-31(10-7-14)13-15-4-5-16(21(23,24)25)12-17(15)22(26,27)28/h1,4-5,11-12,14H,3,6-10,13H2,(H,29,30,32). The van der Waals surface area contributed by atoms with Gasteiger partial charge in [-0.2, -0.15) is 31.3 Å². The molecule has 1 saturated heterocycles. The average Bonchev–Trinajstić information content (AvgIpc) is 3.07.